The van der Waals surface area contributed by atoms with Crippen LogP contribution in [0.1, 0.15) is 72.5 Å². The maximum Gasteiger partial charge on any atom is 0.307 e. The van der Waals surface area contributed by atoms with Crippen molar-refractivity contribution in [2.75, 3.05) is 5.75 Å². The predicted octanol–water partition coefficient (Wildman–Crippen LogP) is 6.34. The highest BCUT2D eigenvalue weighted by Crippen LogP contribution is 2.60. The second-order valence-corrected chi connectivity index (χ2v) is 11.6. The van der Waals surface area contributed by atoms with Crippen molar-refractivity contribution >= 4 is 23.5 Å². The van der Waals surface area contributed by atoms with E-state index in [1.54, 1.807) is 18.7 Å². The molecule has 6 rings (SSSR count). The lowest BCUT2D eigenvalue weighted by atomic mass is 9.48. The van der Waals surface area contributed by atoms with E-state index >= 15 is 0 Å². The molecule has 32 heavy (non-hydrogen) atoms. The molecule has 4 saturated carbocycles. The van der Waals surface area contributed by atoms with Crippen molar-refractivity contribution in [1.82, 2.24) is 0 Å². The fraction of sp³-hybridized carbons (Fsp3) is 0.500. The standard InChI is InChI=1S/C28H32O3S/c1-18(27(30)31)16-32-17-19-5-7-23(8-6-19)26(29)24-3-2-4-25(12-24)28-13-20-9-21(14-28)11-22(10-20)15-28/h2-8,12,18,20-22H,9-11,13-17H2,1H3,(H,30,31). The number of ketones is 1. The first-order valence-electron chi connectivity index (χ1n) is 12.0. The molecule has 4 heteroatoms. The molecule has 4 aliphatic rings. The topological polar surface area (TPSA) is 54.4 Å². The first kappa shape index (κ1) is 21.8. The summed E-state index contributed by atoms with van der Waals surface area (Å²) in [5.41, 5.74) is 4.34. The minimum Gasteiger partial charge on any atom is -0.481 e. The number of carboxylic acids is 1. The van der Waals surface area contributed by atoms with Gasteiger partial charge in [-0.1, -0.05) is 49.4 Å². The summed E-state index contributed by atoms with van der Waals surface area (Å²) < 4.78 is 0. The molecule has 4 aliphatic carbocycles. The summed E-state index contributed by atoms with van der Waals surface area (Å²) in [6.07, 6.45) is 8.21. The molecule has 0 aromatic heterocycles. The van der Waals surface area contributed by atoms with E-state index in [0.29, 0.717) is 11.2 Å². The van der Waals surface area contributed by atoms with Crippen LogP contribution < -0.4 is 0 Å². The molecule has 4 bridgehead atoms. The summed E-state index contributed by atoms with van der Waals surface area (Å²) in [5, 5.41) is 9.00. The van der Waals surface area contributed by atoms with Crippen molar-refractivity contribution in [1.29, 1.82) is 0 Å². The fourth-order valence-corrected chi connectivity index (χ4v) is 7.84. The van der Waals surface area contributed by atoms with Crippen LogP contribution in [0.4, 0.5) is 0 Å². The highest BCUT2D eigenvalue weighted by atomic mass is 32.2. The molecule has 2 aromatic rings. The molecular formula is C28H32O3S. The summed E-state index contributed by atoms with van der Waals surface area (Å²) in [7, 11) is 0. The lowest BCUT2D eigenvalue weighted by molar-refractivity contribution is -0.140. The van der Waals surface area contributed by atoms with Gasteiger partial charge in [0, 0.05) is 22.6 Å². The zero-order valence-electron chi connectivity index (χ0n) is 18.8. The van der Waals surface area contributed by atoms with Crippen LogP contribution in [0.15, 0.2) is 48.5 Å². The maximum atomic E-state index is 13.2. The molecule has 0 spiro atoms. The van der Waals surface area contributed by atoms with Crippen molar-refractivity contribution in [2.24, 2.45) is 23.7 Å². The monoisotopic (exact) mass is 448 g/mol. The molecule has 1 unspecified atom stereocenters. The number of hydrogen-bond acceptors (Lipinski definition) is 3. The van der Waals surface area contributed by atoms with Gasteiger partial charge in [-0.25, -0.2) is 0 Å². The third-order valence-corrected chi connectivity index (χ3v) is 9.32. The first-order valence-corrected chi connectivity index (χ1v) is 13.1. The van der Waals surface area contributed by atoms with Gasteiger partial charge in [0.15, 0.2) is 5.78 Å². The van der Waals surface area contributed by atoms with E-state index in [-0.39, 0.29) is 11.7 Å². The summed E-state index contributed by atoms with van der Waals surface area (Å²) in [4.78, 5) is 24.2. The average molecular weight is 449 g/mol. The van der Waals surface area contributed by atoms with Gasteiger partial charge in [-0.15, -0.1) is 0 Å². The summed E-state index contributed by atoms with van der Waals surface area (Å²) in [6, 6.07) is 16.3. The predicted molar refractivity (Wildman–Crippen MR) is 129 cm³/mol. The van der Waals surface area contributed by atoms with Crippen molar-refractivity contribution < 1.29 is 14.7 Å². The molecule has 4 fully saturated rings. The Balaban J connectivity index is 1.28. The molecule has 3 nitrogen and oxygen atoms in total. The van der Waals surface area contributed by atoms with E-state index in [9.17, 15) is 9.59 Å². The van der Waals surface area contributed by atoms with Crippen LogP contribution in [0.2, 0.25) is 0 Å². The average Bonchev–Trinajstić information content (AvgIpc) is 2.78. The van der Waals surface area contributed by atoms with Gasteiger partial charge < -0.3 is 5.11 Å². The third kappa shape index (κ3) is 4.26. The molecule has 168 valence electrons. The van der Waals surface area contributed by atoms with E-state index in [2.05, 4.69) is 18.2 Å². The molecule has 0 radical (unpaired) electrons. The number of carboxylic acid groups (broad SMARTS) is 1. The van der Waals surface area contributed by atoms with Crippen LogP contribution >= 0.6 is 11.8 Å². The third-order valence-electron chi connectivity index (χ3n) is 8.05. The SMILES string of the molecule is CC(CSCc1ccc(C(=O)c2cccc(C34CC5CC(CC(C5)C3)C4)c2)cc1)C(=O)O. The lowest BCUT2D eigenvalue weighted by Gasteiger charge is -2.57. The minimum atomic E-state index is -0.755. The van der Waals surface area contributed by atoms with Gasteiger partial charge in [0.05, 0.1) is 5.92 Å². The van der Waals surface area contributed by atoms with Crippen molar-refractivity contribution in [2.45, 2.75) is 56.6 Å². The number of thioether (sulfide) groups is 1. The highest BCUT2D eigenvalue weighted by Gasteiger charge is 2.51. The van der Waals surface area contributed by atoms with E-state index < -0.39 is 5.97 Å². The van der Waals surface area contributed by atoms with Crippen LogP contribution in [-0.4, -0.2) is 22.6 Å². The van der Waals surface area contributed by atoms with E-state index in [0.717, 1.165) is 40.2 Å². The normalized spacial score (nSPS) is 29.1. The Bertz CT molecular complexity index is 974. The van der Waals surface area contributed by atoms with Crippen molar-refractivity contribution in [3.63, 3.8) is 0 Å². The van der Waals surface area contributed by atoms with Gasteiger partial charge in [0.25, 0.3) is 0 Å². The summed E-state index contributed by atoms with van der Waals surface area (Å²) in [6.45, 7) is 1.73. The van der Waals surface area contributed by atoms with Crippen molar-refractivity contribution in [3.05, 3.63) is 70.8 Å². The van der Waals surface area contributed by atoms with Crippen LogP contribution in [0.3, 0.4) is 0 Å². The Labute approximate surface area is 195 Å². The van der Waals surface area contributed by atoms with Gasteiger partial charge >= 0.3 is 5.97 Å². The zero-order chi connectivity index (χ0) is 22.3. The molecule has 0 saturated heterocycles. The lowest BCUT2D eigenvalue weighted by Crippen LogP contribution is -2.48. The molecule has 0 heterocycles. The smallest absolute Gasteiger partial charge is 0.307 e. The van der Waals surface area contributed by atoms with Gasteiger partial charge in [-0.05, 0) is 78.9 Å². The maximum absolute atomic E-state index is 13.2. The Morgan fingerprint density at radius 1 is 0.969 bits per heavy atom. The second kappa shape index (κ2) is 8.70. The van der Waals surface area contributed by atoms with Crippen LogP contribution in [0, 0.1) is 23.7 Å². The Hall–Kier alpha value is -2.07. The van der Waals surface area contributed by atoms with Gasteiger partial charge in [-0.3, -0.25) is 9.59 Å². The van der Waals surface area contributed by atoms with Crippen LogP contribution in [0.25, 0.3) is 0 Å². The van der Waals surface area contributed by atoms with Crippen molar-refractivity contribution in [3.8, 4) is 0 Å². The minimum absolute atomic E-state index is 0.0929. The van der Waals surface area contributed by atoms with E-state index in [4.69, 9.17) is 5.11 Å². The number of benzene rings is 2. The zero-order valence-corrected chi connectivity index (χ0v) is 19.6. The Morgan fingerprint density at radius 3 is 2.19 bits per heavy atom. The molecule has 0 aliphatic heterocycles. The number of aliphatic carboxylic acids is 1. The number of carbonyl (C=O) groups excluding carboxylic acids is 1. The summed E-state index contributed by atoms with van der Waals surface area (Å²) >= 11 is 1.62. The van der Waals surface area contributed by atoms with Gasteiger partial charge in [0.1, 0.15) is 0 Å². The molecule has 0 amide bonds. The Morgan fingerprint density at radius 2 is 1.59 bits per heavy atom. The molecular weight excluding hydrogens is 416 g/mol. The fourth-order valence-electron chi connectivity index (χ4n) is 6.80. The van der Waals surface area contributed by atoms with Gasteiger partial charge in [-0.2, -0.15) is 11.8 Å². The number of hydrogen-bond donors (Lipinski definition) is 1. The highest BCUT2D eigenvalue weighted by molar-refractivity contribution is 7.98. The number of carbonyl (C=O) groups is 2. The molecule has 1 N–H and O–H groups in total. The quantitative estimate of drug-likeness (QED) is 0.479. The number of rotatable bonds is 8. The Kier molecular flexibility index (Phi) is 5.92. The van der Waals surface area contributed by atoms with Gasteiger partial charge in [0.2, 0.25) is 0 Å². The summed E-state index contributed by atoms with van der Waals surface area (Å²) in [5.74, 6) is 3.02. The van der Waals surface area contributed by atoms with Crippen LogP contribution in [0.5, 0.6) is 0 Å². The van der Waals surface area contributed by atoms with E-state index in [1.807, 2.05) is 30.3 Å². The second-order valence-electron chi connectivity index (χ2n) is 10.6. The molecule has 2 aromatic carbocycles. The van der Waals surface area contributed by atoms with E-state index in [1.165, 1.54) is 44.1 Å². The first-order chi connectivity index (χ1) is 15.4. The largest absolute Gasteiger partial charge is 0.481 e. The van der Waals surface area contributed by atoms with Crippen LogP contribution in [-0.2, 0) is 16.0 Å². The molecule has 1 atom stereocenters.